The van der Waals surface area contributed by atoms with E-state index in [4.69, 9.17) is 14.2 Å². The van der Waals surface area contributed by atoms with Gasteiger partial charge >= 0.3 is 0 Å². The topological polar surface area (TPSA) is 60.9 Å². The first kappa shape index (κ1) is 19.6. The van der Waals surface area contributed by atoms with Gasteiger partial charge in [-0.3, -0.25) is 9.78 Å². The number of ether oxygens (including phenoxy) is 3. The Labute approximate surface area is 191 Å². The molecule has 1 aromatic heterocycles. The number of aromatic nitrogens is 1. The average molecular weight is 438 g/mol. The highest BCUT2D eigenvalue weighted by atomic mass is 16.7. The minimum Gasteiger partial charge on any atom is -0.493 e. The Bertz CT molecular complexity index is 1300. The standard InChI is InChI=1S/C27H22N2O4/c30-27(22-5-1-3-20-4-2-11-28-26(20)22)29(15-18-6-8-23-21(13-18)10-12-31-23)16-19-7-9-24-25(14-19)33-17-32-24/h1-9,11,13-14H,10,12,15-17H2. The van der Waals surface area contributed by atoms with Gasteiger partial charge < -0.3 is 19.1 Å². The number of rotatable bonds is 5. The predicted molar refractivity (Wildman–Crippen MR) is 124 cm³/mol. The van der Waals surface area contributed by atoms with E-state index in [1.165, 1.54) is 5.56 Å². The van der Waals surface area contributed by atoms with Crippen molar-refractivity contribution in [3.63, 3.8) is 0 Å². The molecule has 0 saturated carbocycles. The van der Waals surface area contributed by atoms with Crippen LogP contribution < -0.4 is 14.2 Å². The first-order valence-corrected chi connectivity index (χ1v) is 11.0. The number of amides is 1. The number of hydrogen-bond donors (Lipinski definition) is 0. The van der Waals surface area contributed by atoms with Gasteiger partial charge in [-0.05, 0) is 47.0 Å². The molecule has 0 bridgehead atoms. The fourth-order valence-electron chi connectivity index (χ4n) is 4.46. The van der Waals surface area contributed by atoms with Crippen molar-refractivity contribution in [2.45, 2.75) is 19.5 Å². The number of nitrogens with zero attached hydrogens (tertiary/aromatic N) is 2. The Kier molecular flexibility index (Phi) is 4.83. The lowest BCUT2D eigenvalue weighted by atomic mass is 10.1. The van der Waals surface area contributed by atoms with Crippen molar-refractivity contribution in [1.29, 1.82) is 0 Å². The predicted octanol–water partition coefficient (Wildman–Crippen LogP) is 4.74. The monoisotopic (exact) mass is 438 g/mol. The lowest BCUT2D eigenvalue weighted by Gasteiger charge is -2.24. The van der Waals surface area contributed by atoms with Gasteiger partial charge in [0.25, 0.3) is 5.91 Å². The Morgan fingerprint density at radius 3 is 2.55 bits per heavy atom. The molecule has 4 aromatic rings. The molecule has 0 aliphatic carbocycles. The SMILES string of the molecule is O=C(c1cccc2cccnc12)N(Cc1ccc2c(c1)CCO2)Cc1ccc2c(c1)OCO2. The Balaban J connectivity index is 1.36. The molecule has 0 N–H and O–H groups in total. The molecule has 0 fully saturated rings. The lowest BCUT2D eigenvalue weighted by Crippen LogP contribution is -2.30. The summed E-state index contributed by atoms with van der Waals surface area (Å²) in [5.41, 5.74) is 4.54. The molecule has 164 valence electrons. The molecule has 6 rings (SSSR count). The van der Waals surface area contributed by atoms with E-state index < -0.39 is 0 Å². The third-order valence-electron chi connectivity index (χ3n) is 6.09. The lowest BCUT2D eigenvalue weighted by molar-refractivity contribution is 0.0731. The summed E-state index contributed by atoms with van der Waals surface area (Å²) in [6.45, 7) is 1.84. The maximum Gasteiger partial charge on any atom is 0.256 e. The van der Waals surface area contributed by atoms with Crippen LogP contribution in [-0.2, 0) is 19.5 Å². The highest BCUT2D eigenvalue weighted by molar-refractivity contribution is 6.05. The van der Waals surface area contributed by atoms with Gasteiger partial charge in [-0.25, -0.2) is 0 Å². The molecule has 3 aromatic carbocycles. The van der Waals surface area contributed by atoms with Crippen molar-refractivity contribution in [3.8, 4) is 17.2 Å². The van der Waals surface area contributed by atoms with E-state index >= 15 is 0 Å². The number of para-hydroxylation sites is 1. The summed E-state index contributed by atoms with van der Waals surface area (Å²) in [4.78, 5) is 20.2. The molecule has 3 heterocycles. The minimum absolute atomic E-state index is 0.0614. The van der Waals surface area contributed by atoms with Crippen molar-refractivity contribution in [1.82, 2.24) is 9.88 Å². The van der Waals surface area contributed by atoms with Gasteiger partial charge in [-0.15, -0.1) is 0 Å². The first-order chi connectivity index (χ1) is 16.2. The van der Waals surface area contributed by atoms with E-state index in [0.29, 0.717) is 36.5 Å². The molecule has 0 atom stereocenters. The van der Waals surface area contributed by atoms with Crippen molar-refractivity contribution >= 4 is 16.8 Å². The second-order valence-corrected chi connectivity index (χ2v) is 8.27. The zero-order valence-corrected chi connectivity index (χ0v) is 18.0. The van der Waals surface area contributed by atoms with Gasteiger partial charge in [-0.1, -0.05) is 36.4 Å². The van der Waals surface area contributed by atoms with Gasteiger partial charge in [0.2, 0.25) is 6.79 Å². The first-order valence-electron chi connectivity index (χ1n) is 11.0. The normalized spacial score (nSPS) is 13.6. The van der Waals surface area contributed by atoms with E-state index in [1.807, 2.05) is 65.6 Å². The summed E-state index contributed by atoms with van der Waals surface area (Å²) in [6.07, 6.45) is 2.62. The van der Waals surface area contributed by atoms with Crippen molar-refractivity contribution < 1.29 is 19.0 Å². The van der Waals surface area contributed by atoms with Crippen LogP contribution in [0.1, 0.15) is 27.0 Å². The molecule has 2 aliphatic rings. The van der Waals surface area contributed by atoms with Gasteiger partial charge in [0, 0.05) is 31.1 Å². The van der Waals surface area contributed by atoms with E-state index in [1.54, 1.807) is 6.20 Å². The van der Waals surface area contributed by atoms with Crippen LogP contribution in [0.4, 0.5) is 0 Å². The zero-order valence-electron chi connectivity index (χ0n) is 18.0. The number of carbonyl (C=O) groups excluding carboxylic acids is 1. The van der Waals surface area contributed by atoms with Crippen LogP contribution in [0.2, 0.25) is 0 Å². The summed E-state index contributed by atoms with van der Waals surface area (Å²) < 4.78 is 16.6. The largest absolute Gasteiger partial charge is 0.493 e. The number of pyridine rings is 1. The smallest absolute Gasteiger partial charge is 0.256 e. The molecule has 6 nitrogen and oxygen atoms in total. The molecule has 6 heteroatoms. The molecular formula is C27H22N2O4. The highest BCUT2D eigenvalue weighted by Gasteiger charge is 2.22. The van der Waals surface area contributed by atoms with Gasteiger partial charge in [0.1, 0.15) is 5.75 Å². The van der Waals surface area contributed by atoms with Crippen LogP contribution >= 0.6 is 0 Å². The highest BCUT2D eigenvalue weighted by Crippen LogP contribution is 2.33. The molecule has 0 unspecified atom stereocenters. The molecular weight excluding hydrogens is 416 g/mol. The van der Waals surface area contributed by atoms with Crippen molar-refractivity contribution in [2.75, 3.05) is 13.4 Å². The number of carbonyl (C=O) groups is 1. The van der Waals surface area contributed by atoms with E-state index in [9.17, 15) is 4.79 Å². The average Bonchev–Trinajstić information content (AvgIpc) is 3.51. The van der Waals surface area contributed by atoms with E-state index in [2.05, 4.69) is 11.1 Å². The Morgan fingerprint density at radius 2 is 1.64 bits per heavy atom. The Morgan fingerprint density at radius 1 is 0.848 bits per heavy atom. The van der Waals surface area contributed by atoms with Gasteiger partial charge in [0.15, 0.2) is 11.5 Å². The Hall–Kier alpha value is -4.06. The number of fused-ring (bicyclic) bond motifs is 3. The number of benzene rings is 3. The third-order valence-corrected chi connectivity index (χ3v) is 6.09. The maximum atomic E-state index is 13.8. The minimum atomic E-state index is -0.0614. The van der Waals surface area contributed by atoms with Crippen LogP contribution in [-0.4, -0.2) is 29.2 Å². The molecule has 2 aliphatic heterocycles. The molecule has 1 amide bonds. The summed E-state index contributed by atoms with van der Waals surface area (Å²) in [7, 11) is 0. The fraction of sp³-hybridized carbons (Fsp3) is 0.185. The summed E-state index contributed by atoms with van der Waals surface area (Å²) in [5.74, 6) is 2.31. The van der Waals surface area contributed by atoms with E-state index in [0.717, 1.165) is 34.4 Å². The van der Waals surface area contributed by atoms with E-state index in [-0.39, 0.29) is 12.7 Å². The summed E-state index contributed by atoms with van der Waals surface area (Å²) in [5, 5.41) is 0.945. The van der Waals surface area contributed by atoms with Gasteiger partial charge in [0.05, 0.1) is 17.7 Å². The zero-order chi connectivity index (χ0) is 22.2. The molecule has 0 saturated heterocycles. The quantitative estimate of drug-likeness (QED) is 0.450. The van der Waals surface area contributed by atoms with Crippen molar-refractivity contribution in [3.05, 3.63) is 95.2 Å². The molecule has 0 radical (unpaired) electrons. The van der Waals surface area contributed by atoms with Crippen LogP contribution in [0, 0.1) is 0 Å². The van der Waals surface area contributed by atoms with Crippen LogP contribution in [0.5, 0.6) is 17.2 Å². The second-order valence-electron chi connectivity index (χ2n) is 8.27. The summed E-state index contributed by atoms with van der Waals surface area (Å²) >= 11 is 0. The van der Waals surface area contributed by atoms with Crippen LogP contribution in [0.15, 0.2) is 72.9 Å². The molecule has 33 heavy (non-hydrogen) atoms. The number of hydrogen-bond acceptors (Lipinski definition) is 5. The van der Waals surface area contributed by atoms with Gasteiger partial charge in [-0.2, -0.15) is 0 Å². The van der Waals surface area contributed by atoms with Crippen molar-refractivity contribution in [2.24, 2.45) is 0 Å². The molecule has 0 spiro atoms. The maximum absolute atomic E-state index is 13.8. The third kappa shape index (κ3) is 3.74. The van der Waals surface area contributed by atoms with Crippen LogP contribution in [0.25, 0.3) is 10.9 Å². The fourth-order valence-corrected chi connectivity index (χ4v) is 4.46. The second kappa shape index (κ2) is 8.13. The summed E-state index contributed by atoms with van der Waals surface area (Å²) in [6, 6.07) is 21.6. The van der Waals surface area contributed by atoms with Crippen LogP contribution in [0.3, 0.4) is 0 Å².